The summed E-state index contributed by atoms with van der Waals surface area (Å²) in [6, 6.07) is 0. The Hall–Kier alpha value is -2.63. The van der Waals surface area contributed by atoms with E-state index in [2.05, 4.69) is 69.4 Å². The monoisotopic (exact) mass is 1020 g/mol. The topological polar surface area (TPSA) is 78.9 Å². The second-order valence-electron chi connectivity index (χ2n) is 21.7. The van der Waals surface area contributed by atoms with Crippen molar-refractivity contribution in [1.29, 1.82) is 0 Å². The van der Waals surface area contributed by atoms with Crippen molar-refractivity contribution in [1.82, 2.24) is 0 Å². The highest BCUT2D eigenvalue weighted by Crippen LogP contribution is 2.17. The minimum absolute atomic E-state index is 0.0752. The molecule has 0 aliphatic heterocycles. The molecule has 0 heterocycles. The number of esters is 3. The van der Waals surface area contributed by atoms with Crippen molar-refractivity contribution in [3.63, 3.8) is 0 Å². The summed E-state index contributed by atoms with van der Waals surface area (Å²) in [5, 5.41) is 0. The molecular formula is C67H122O6. The van der Waals surface area contributed by atoms with Crippen LogP contribution in [-0.2, 0) is 28.6 Å². The molecule has 6 heteroatoms. The summed E-state index contributed by atoms with van der Waals surface area (Å²) in [6.45, 7) is 6.63. The molecule has 0 radical (unpaired) electrons. The SMILES string of the molecule is CCCC/C=C\C/C=C\CCCCCCCC(=O)OCC(COC(=O)CCCCCCCCCCCCC/C=C\C/C=C\CCCCCCC)OC(=O)CCCCCCCCCCCCCCCCCCCC. The Balaban J connectivity index is 4.30. The first kappa shape index (κ1) is 70.4. The van der Waals surface area contributed by atoms with Gasteiger partial charge in [-0.3, -0.25) is 14.4 Å². The fourth-order valence-corrected chi connectivity index (χ4v) is 9.43. The molecule has 73 heavy (non-hydrogen) atoms. The summed E-state index contributed by atoms with van der Waals surface area (Å²) < 4.78 is 16.9. The maximum Gasteiger partial charge on any atom is 0.306 e. The number of hydrogen-bond acceptors (Lipinski definition) is 6. The molecule has 0 aromatic carbocycles. The lowest BCUT2D eigenvalue weighted by molar-refractivity contribution is -0.167. The molecule has 0 aromatic rings. The number of carbonyl (C=O) groups excluding carboxylic acids is 3. The minimum atomic E-state index is -0.778. The zero-order chi connectivity index (χ0) is 52.9. The van der Waals surface area contributed by atoms with Crippen LogP contribution in [0, 0.1) is 0 Å². The van der Waals surface area contributed by atoms with Crippen LogP contribution in [0.1, 0.15) is 342 Å². The van der Waals surface area contributed by atoms with Crippen molar-refractivity contribution in [2.45, 2.75) is 348 Å². The van der Waals surface area contributed by atoms with E-state index in [9.17, 15) is 14.4 Å². The summed E-state index contributed by atoms with van der Waals surface area (Å²) in [4.78, 5) is 38.3. The molecule has 0 N–H and O–H groups in total. The first-order chi connectivity index (χ1) is 36.0. The molecule has 0 spiro atoms. The number of allylic oxidation sites excluding steroid dienone is 8. The highest BCUT2D eigenvalue weighted by atomic mass is 16.6. The Kier molecular flexibility index (Phi) is 59.7. The fourth-order valence-electron chi connectivity index (χ4n) is 9.43. The van der Waals surface area contributed by atoms with E-state index in [1.54, 1.807) is 0 Å². The largest absolute Gasteiger partial charge is 0.462 e. The lowest BCUT2D eigenvalue weighted by atomic mass is 10.0. The smallest absolute Gasteiger partial charge is 0.306 e. The summed E-state index contributed by atoms with van der Waals surface area (Å²) >= 11 is 0. The molecule has 0 saturated heterocycles. The Bertz CT molecular complexity index is 1270. The molecule has 0 saturated carbocycles. The molecule has 0 fully saturated rings. The maximum absolute atomic E-state index is 12.9. The van der Waals surface area contributed by atoms with Crippen LogP contribution >= 0.6 is 0 Å². The number of rotatable bonds is 59. The summed E-state index contributed by atoms with van der Waals surface area (Å²) in [5.41, 5.74) is 0. The third-order valence-corrected chi connectivity index (χ3v) is 14.3. The molecule has 426 valence electrons. The third kappa shape index (κ3) is 60.1. The molecule has 1 atom stereocenters. The van der Waals surface area contributed by atoms with Gasteiger partial charge in [0.15, 0.2) is 6.10 Å². The minimum Gasteiger partial charge on any atom is -0.462 e. The van der Waals surface area contributed by atoms with Crippen molar-refractivity contribution in [3.8, 4) is 0 Å². The Morgan fingerprint density at radius 3 is 0.795 bits per heavy atom. The predicted octanol–water partition coefficient (Wildman–Crippen LogP) is 21.8. The van der Waals surface area contributed by atoms with Gasteiger partial charge in [-0.1, -0.05) is 294 Å². The molecule has 0 rings (SSSR count). The van der Waals surface area contributed by atoms with E-state index in [0.29, 0.717) is 19.3 Å². The van der Waals surface area contributed by atoms with Gasteiger partial charge in [-0.25, -0.2) is 0 Å². The van der Waals surface area contributed by atoms with Gasteiger partial charge in [0.2, 0.25) is 0 Å². The highest BCUT2D eigenvalue weighted by Gasteiger charge is 2.19. The van der Waals surface area contributed by atoms with Gasteiger partial charge in [0.05, 0.1) is 0 Å². The standard InChI is InChI=1S/C67H122O6/c1-4-7-10-13-16-19-22-25-28-30-32-33-34-35-36-38-39-42-45-48-51-54-57-60-66(69)72-63-64(62-71-65(68)59-56-53-50-47-44-41-27-24-21-18-15-12-9-6-3)73-67(70)61-58-55-52-49-46-43-40-37-31-29-26-23-20-17-14-11-8-5-2/h15,18,22,24-25,27,30,32,64H,4-14,16-17,19-21,23,26,28-29,31,33-63H2,1-3H3/b18-15-,25-22-,27-24-,32-30-. The molecule has 0 amide bonds. The van der Waals surface area contributed by atoms with Gasteiger partial charge in [0.25, 0.3) is 0 Å². The number of carbonyl (C=O) groups is 3. The quantitative estimate of drug-likeness (QED) is 0.0261. The molecule has 1 unspecified atom stereocenters. The first-order valence-electron chi connectivity index (χ1n) is 32.1. The van der Waals surface area contributed by atoms with Crippen LogP contribution in [-0.4, -0.2) is 37.2 Å². The van der Waals surface area contributed by atoms with Gasteiger partial charge in [-0.2, -0.15) is 0 Å². The molecule has 0 aliphatic rings. The number of hydrogen-bond donors (Lipinski definition) is 0. The van der Waals surface area contributed by atoms with Crippen molar-refractivity contribution in [2.24, 2.45) is 0 Å². The van der Waals surface area contributed by atoms with Gasteiger partial charge < -0.3 is 14.2 Å². The zero-order valence-electron chi connectivity index (χ0n) is 48.9. The second-order valence-corrected chi connectivity index (χ2v) is 21.7. The summed E-state index contributed by atoms with van der Waals surface area (Å²) in [5.74, 6) is -0.870. The lowest BCUT2D eigenvalue weighted by Crippen LogP contribution is -2.30. The summed E-state index contributed by atoms with van der Waals surface area (Å²) in [6.07, 6.45) is 76.8. The van der Waals surface area contributed by atoms with E-state index < -0.39 is 6.10 Å². The number of ether oxygens (including phenoxy) is 3. The molecule has 6 nitrogen and oxygen atoms in total. The van der Waals surface area contributed by atoms with E-state index in [-0.39, 0.29) is 31.1 Å². The normalized spacial score (nSPS) is 12.3. The van der Waals surface area contributed by atoms with E-state index in [1.165, 1.54) is 218 Å². The maximum atomic E-state index is 12.9. The van der Waals surface area contributed by atoms with Gasteiger partial charge in [-0.15, -0.1) is 0 Å². The van der Waals surface area contributed by atoms with Crippen LogP contribution in [0.15, 0.2) is 48.6 Å². The van der Waals surface area contributed by atoms with E-state index in [0.717, 1.165) is 83.5 Å². The van der Waals surface area contributed by atoms with Crippen molar-refractivity contribution in [3.05, 3.63) is 48.6 Å². The van der Waals surface area contributed by atoms with Crippen molar-refractivity contribution < 1.29 is 28.6 Å². The fraction of sp³-hybridized carbons (Fsp3) is 0.836. The third-order valence-electron chi connectivity index (χ3n) is 14.3. The van der Waals surface area contributed by atoms with Gasteiger partial charge in [0, 0.05) is 19.3 Å². The van der Waals surface area contributed by atoms with Crippen LogP contribution in [0.3, 0.4) is 0 Å². The van der Waals surface area contributed by atoms with Gasteiger partial charge in [-0.05, 0) is 77.0 Å². The molecule has 0 aliphatic carbocycles. The average molecular weight is 1020 g/mol. The van der Waals surface area contributed by atoms with Crippen LogP contribution in [0.25, 0.3) is 0 Å². The predicted molar refractivity (Wildman–Crippen MR) is 316 cm³/mol. The Morgan fingerprint density at radius 2 is 0.507 bits per heavy atom. The highest BCUT2D eigenvalue weighted by molar-refractivity contribution is 5.71. The van der Waals surface area contributed by atoms with Crippen LogP contribution in [0.2, 0.25) is 0 Å². The summed E-state index contributed by atoms with van der Waals surface area (Å²) in [7, 11) is 0. The van der Waals surface area contributed by atoms with Gasteiger partial charge in [0.1, 0.15) is 13.2 Å². The van der Waals surface area contributed by atoms with Crippen LogP contribution in [0.5, 0.6) is 0 Å². The lowest BCUT2D eigenvalue weighted by Gasteiger charge is -2.18. The molecule has 0 bridgehead atoms. The Labute approximate surface area is 454 Å². The van der Waals surface area contributed by atoms with Crippen molar-refractivity contribution in [2.75, 3.05) is 13.2 Å². The van der Waals surface area contributed by atoms with E-state index in [4.69, 9.17) is 14.2 Å². The molecular weight excluding hydrogens is 901 g/mol. The number of unbranched alkanes of at least 4 members (excludes halogenated alkanes) is 40. The van der Waals surface area contributed by atoms with Crippen molar-refractivity contribution >= 4 is 17.9 Å². The first-order valence-corrected chi connectivity index (χ1v) is 32.1. The van der Waals surface area contributed by atoms with Gasteiger partial charge >= 0.3 is 17.9 Å². The van der Waals surface area contributed by atoms with E-state index >= 15 is 0 Å². The average Bonchev–Trinajstić information content (AvgIpc) is 3.39. The zero-order valence-corrected chi connectivity index (χ0v) is 48.9. The second kappa shape index (κ2) is 61.9. The van der Waals surface area contributed by atoms with E-state index in [1.807, 2.05) is 0 Å². The van der Waals surface area contributed by atoms with Crippen LogP contribution < -0.4 is 0 Å². The Morgan fingerprint density at radius 1 is 0.274 bits per heavy atom. The molecule has 0 aromatic heterocycles. The van der Waals surface area contributed by atoms with Crippen LogP contribution in [0.4, 0.5) is 0 Å².